The summed E-state index contributed by atoms with van der Waals surface area (Å²) in [6, 6.07) is 0. The van der Waals surface area contributed by atoms with Crippen molar-refractivity contribution in [3.05, 3.63) is 31.8 Å². The Labute approximate surface area is 84.0 Å². The molecule has 0 aliphatic carbocycles. The Morgan fingerprint density at radius 2 is 1.86 bits per heavy atom. The van der Waals surface area contributed by atoms with Crippen LogP contribution in [0.2, 0.25) is 0 Å². The summed E-state index contributed by atoms with van der Waals surface area (Å²) in [6.45, 7) is 1.88. The minimum absolute atomic E-state index is 0.207. The fourth-order valence-corrected chi connectivity index (χ4v) is 2.51. The molecule has 0 amide bonds. The number of rotatable bonds is 0. The molecule has 2 heterocycles. The van der Waals surface area contributed by atoms with Gasteiger partial charge in [-0.05, 0) is 17.9 Å². The van der Waals surface area contributed by atoms with E-state index in [-0.39, 0.29) is 11.2 Å². The van der Waals surface area contributed by atoms with Crippen LogP contribution < -0.4 is 11.2 Å². The summed E-state index contributed by atoms with van der Waals surface area (Å²) < 4.78 is 2.65. The molecular formula is C9H10N2O2S. The van der Waals surface area contributed by atoms with Crippen molar-refractivity contribution in [2.75, 3.05) is 0 Å². The molecule has 0 unspecified atom stereocenters. The number of thiophene rings is 1. The smallest absolute Gasteiger partial charge is 0.287 e. The molecule has 0 aromatic carbocycles. The Morgan fingerprint density at radius 1 is 1.21 bits per heavy atom. The van der Waals surface area contributed by atoms with Gasteiger partial charge in [-0.1, -0.05) is 0 Å². The summed E-state index contributed by atoms with van der Waals surface area (Å²) in [5.74, 6) is 0. The van der Waals surface area contributed by atoms with Crippen LogP contribution in [0.4, 0.5) is 0 Å². The molecule has 5 heteroatoms. The van der Waals surface area contributed by atoms with Crippen LogP contribution in [0.15, 0.2) is 15.0 Å². The van der Waals surface area contributed by atoms with Crippen LogP contribution in [0.3, 0.4) is 0 Å². The van der Waals surface area contributed by atoms with Crippen LogP contribution in [0.25, 0.3) is 10.2 Å². The van der Waals surface area contributed by atoms with Crippen molar-refractivity contribution in [1.29, 1.82) is 0 Å². The van der Waals surface area contributed by atoms with E-state index in [1.54, 1.807) is 7.05 Å². The van der Waals surface area contributed by atoms with Crippen LogP contribution >= 0.6 is 11.3 Å². The van der Waals surface area contributed by atoms with E-state index in [0.717, 1.165) is 15.0 Å². The van der Waals surface area contributed by atoms with Crippen molar-refractivity contribution in [3.63, 3.8) is 0 Å². The molecule has 0 bridgehead atoms. The lowest BCUT2D eigenvalue weighted by Crippen LogP contribution is -2.36. The van der Waals surface area contributed by atoms with Gasteiger partial charge in [0, 0.05) is 14.1 Å². The Hall–Kier alpha value is -1.36. The van der Waals surface area contributed by atoms with Crippen molar-refractivity contribution in [3.8, 4) is 0 Å². The summed E-state index contributed by atoms with van der Waals surface area (Å²) in [5, 5.41) is 2.55. The van der Waals surface area contributed by atoms with Crippen LogP contribution in [0, 0.1) is 6.92 Å². The molecule has 0 aliphatic heterocycles. The van der Waals surface area contributed by atoms with Gasteiger partial charge in [0.1, 0.15) is 4.83 Å². The Morgan fingerprint density at radius 3 is 2.50 bits per heavy atom. The minimum Gasteiger partial charge on any atom is -0.287 e. The van der Waals surface area contributed by atoms with Crippen molar-refractivity contribution in [2.45, 2.75) is 6.92 Å². The molecular weight excluding hydrogens is 200 g/mol. The first kappa shape index (κ1) is 9.21. The van der Waals surface area contributed by atoms with Crippen LogP contribution in [-0.2, 0) is 14.1 Å². The summed E-state index contributed by atoms with van der Waals surface area (Å²) in [5.41, 5.74) is 0.451. The average molecular weight is 210 g/mol. The lowest BCUT2D eigenvalue weighted by molar-refractivity contribution is 0.717. The van der Waals surface area contributed by atoms with Gasteiger partial charge in [0.15, 0.2) is 0 Å². The molecule has 0 N–H and O–H groups in total. The molecule has 0 radical (unpaired) electrons. The summed E-state index contributed by atoms with van der Waals surface area (Å²) in [4.78, 5) is 24.0. The first-order chi connectivity index (χ1) is 6.54. The van der Waals surface area contributed by atoms with Gasteiger partial charge in [-0.25, -0.2) is 4.79 Å². The van der Waals surface area contributed by atoms with Gasteiger partial charge < -0.3 is 0 Å². The molecule has 2 aromatic rings. The normalized spacial score (nSPS) is 11.1. The van der Waals surface area contributed by atoms with Gasteiger partial charge in [-0.2, -0.15) is 0 Å². The molecule has 0 spiro atoms. The van der Waals surface area contributed by atoms with Crippen LogP contribution in [0.5, 0.6) is 0 Å². The maximum Gasteiger partial charge on any atom is 0.331 e. The zero-order valence-electron chi connectivity index (χ0n) is 8.20. The molecule has 0 saturated carbocycles. The predicted octanol–water partition coefficient (Wildman–Crippen LogP) is 0.607. The second-order valence-electron chi connectivity index (χ2n) is 3.30. The third-order valence-corrected chi connectivity index (χ3v) is 3.53. The van der Waals surface area contributed by atoms with E-state index in [1.165, 1.54) is 23.0 Å². The molecule has 0 atom stereocenters. The first-order valence-corrected chi connectivity index (χ1v) is 5.06. The Kier molecular flexibility index (Phi) is 1.85. The number of hydrogen-bond donors (Lipinski definition) is 0. The van der Waals surface area contributed by atoms with Crippen molar-refractivity contribution >= 4 is 21.6 Å². The predicted molar refractivity (Wildman–Crippen MR) is 57.0 cm³/mol. The SMILES string of the molecule is Cc1csc2c1c(=O)n(C)c(=O)n2C. The maximum absolute atomic E-state index is 11.7. The van der Waals surface area contributed by atoms with Gasteiger partial charge in [0.25, 0.3) is 5.56 Å². The van der Waals surface area contributed by atoms with Crippen molar-refractivity contribution in [2.24, 2.45) is 14.1 Å². The number of nitrogens with zero attached hydrogens (tertiary/aromatic N) is 2. The first-order valence-electron chi connectivity index (χ1n) is 4.18. The van der Waals surface area contributed by atoms with Crippen molar-refractivity contribution < 1.29 is 0 Å². The van der Waals surface area contributed by atoms with E-state index in [9.17, 15) is 9.59 Å². The zero-order valence-corrected chi connectivity index (χ0v) is 9.01. The second kappa shape index (κ2) is 2.81. The number of fused-ring (bicyclic) bond motifs is 1. The highest BCUT2D eigenvalue weighted by Crippen LogP contribution is 2.19. The van der Waals surface area contributed by atoms with E-state index in [0.29, 0.717) is 5.39 Å². The third kappa shape index (κ3) is 0.988. The fraction of sp³-hybridized carbons (Fsp3) is 0.333. The molecule has 74 valence electrons. The highest BCUT2D eigenvalue weighted by atomic mass is 32.1. The van der Waals surface area contributed by atoms with E-state index >= 15 is 0 Å². The molecule has 0 saturated heterocycles. The molecule has 4 nitrogen and oxygen atoms in total. The number of aromatic nitrogens is 2. The summed E-state index contributed by atoms with van der Waals surface area (Å²) >= 11 is 1.43. The standard InChI is InChI=1S/C9H10N2O2S/c1-5-4-14-8-6(5)7(12)10(2)9(13)11(8)3/h4H,1-3H3. The van der Waals surface area contributed by atoms with E-state index in [1.807, 2.05) is 12.3 Å². The largest absolute Gasteiger partial charge is 0.331 e. The van der Waals surface area contributed by atoms with Gasteiger partial charge in [-0.3, -0.25) is 13.9 Å². The molecule has 2 aromatic heterocycles. The minimum atomic E-state index is -0.274. The third-order valence-electron chi connectivity index (χ3n) is 2.35. The lowest BCUT2D eigenvalue weighted by Gasteiger charge is -2.02. The highest BCUT2D eigenvalue weighted by molar-refractivity contribution is 7.17. The van der Waals surface area contributed by atoms with Gasteiger partial charge in [0.2, 0.25) is 0 Å². The second-order valence-corrected chi connectivity index (χ2v) is 4.16. The molecule has 0 fully saturated rings. The van der Waals surface area contributed by atoms with E-state index in [4.69, 9.17) is 0 Å². The maximum atomic E-state index is 11.7. The summed E-state index contributed by atoms with van der Waals surface area (Å²) in [7, 11) is 3.18. The average Bonchev–Trinajstić information content (AvgIpc) is 2.54. The number of aryl methyl sites for hydroxylation is 2. The lowest BCUT2D eigenvalue weighted by atomic mass is 10.3. The van der Waals surface area contributed by atoms with E-state index in [2.05, 4.69) is 0 Å². The van der Waals surface area contributed by atoms with Gasteiger partial charge in [-0.15, -0.1) is 11.3 Å². The zero-order chi connectivity index (χ0) is 10.5. The summed E-state index contributed by atoms with van der Waals surface area (Å²) in [6.07, 6.45) is 0. The highest BCUT2D eigenvalue weighted by Gasteiger charge is 2.11. The number of hydrogen-bond acceptors (Lipinski definition) is 3. The Balaban J connectivity index is 3.22. The van der Waals surface area contributed by atoms with Gasteiger partial charge in [0.05, 0.1) is 5.39 Å². The quantitative estimate of drug-likeness (QED) is 0.639. The topological polar surface area (TPSA) is 44.0 Å². The van der Waals surface area contributed by atoms with Crippen molar-refractivity contribution in [1.82, 2.24) is 9.13 Å². The Bertz CT molecular complexity index is 618. The molecule has 0 aliphatic rings. The van der Waals surface area contributed by atoms with Crippen LogP contribution in [0.1, 0.15) is 5.56 Å². The molecule has 14 heavy (non-hydrogen) atoms. The van der Waals surface area contributed by atoms with Crippen LogP contribution in [-0.4, -0.2) is 9.13 Å². The molecule has 2 rings (SSSR count). The van der Waals surface area contributed by atoms with E-state index < -0.39 is 0 Å². The monoisotopic (exact) mass is 210 g/mol. The van der Waals surface area contributed by atoms with Gasteiger partial charge >= 0.3 is 5.69 Å². The fourth-order valence-electron chi connectivity index (χ4n) is 1.50.